The first-order chi connectivity index (χ1) is 24.3. The minimum Gasteiger partial charge on any atom is -0.490 e. The molecule has 0 radical (unpaired) electrons. The first-order valence-electron chi connectivity index (χ1n) is 17.9. The summed E-state index contributed by atoms with van der Waals surface area (Å²) in [7, 11) is 0. The predicted molar refractivity (Wildman–Crippen MR) is 195 cm³/mol. The van der Waals surface area contributed by atoms with Gasteiger partial charge in [0.05, 0.1) is 12.3 Å². The van der Waals surface area contributed by atoms with Crippen molar-refractivity contribution in [3.05, 3.63) is 119 Å². The van der Waals surface area contributed by atoms with E-state index in [2.05, 4.69) is 48.3 Å². The van der Waals surface area contributed by atoms with Crippen molar-refractivity contribution in [2.24, 2.45) is 17.8 Å². The number of rotatable bonds is 10. The number of barbiturate groups is 1. The van der Waals surface area contributed by atoms with Gasteiger partial charge >= 0.3 is 6.03 Å². The van der Waals surface area contributed by atoms with Crippen LogP contribution in [0.4, 0.5) is 10.5 Å². The Hall–Kier alpha value is -5.17. The summed E-state index contributed by atoms with van der Waals surface area (Å²) in [4.78, 5) is 41.2. The van der Waals surface area contributed by atoms with Crippen molar-refractivity contribution in [2.45, 2.75) is 63.9 Å². The number of fused-ring (bicyclic) bond motifs is 1. The van der Waals surface area contributed by atoms with E-state index in [1.165, 1.54) is 50.2 Å². The molecule has 5 aliphatic rings. The van der Waals surface area contributed by atoms with Gasteiger partial charge in [0.1, 0.15) is 12.2 Å². The molecule has 7 nitrogen and oxygen atoms in total. The quantitative estimate of drug-likeness (QED) is 0.104. The second-order valence-corrected chi connectivity index (χ2v) is 14.6. The molecule has 1 aliphatic heterocycles. The number of anilines is 1. The van der Waals surface area contributed by atoms with Crippen LogP contribution >= 0.6 is 0 Å². The molecule has 1 N–H and O–H groups in total. The van der Waals surface area contributed by atoms with Gasteiger partial charge in [0.15, 0.2) is 11.5 Å². The second kappa shape index (κ2) is 12.9. The third-order valence-electron chi connectivity index (χ3n) is 11.2. The molecule has 0 atom stereocenters. The number of urea groups is 1. The molecule has 1 heterocycles. The van der Waals surface area contributed by atoms with Gasteiger partial charge in [0, 0.05) is 5.56 Å². The van der Waals surface area contributed by atoms with Gasteiger partial charge in [-0.2, -0.15) is 0 Å². The van der Waals surface area contributed by atoms with E-state index in [1.807, 2.05) is 43.3 Å². The van der Waals surface area contributed by atoms with Crippen molar-refractivity contribution in [2.75, 3.05) is 11.5 Å². The van der Waals surface area contributed by atoms with Crippen molar-refractivity contribution in [3.8, 4) is 11.5 Å². The Morgan fingerprint density at radius 1 is 0.860 bits per heavy atom. The molecular formula is C43H42N2O5. The predicted octanol–water partition coefficient (Wildman–Crippen LogP) is 8.68. The van der Waals surface area contributed by atoms with Crippen molar-refractivity contribution >= 4 is 40.4 Å². The standard InChI is InChI=1S/C43H42N2O5/c1-3-7-34-20-28(22-38(49-4-2)39(34)50-26-27-10-11-32-8-5-6-9-33(32)19-27)21-37-40(46)44-42(48)45(41(37)47)36-14-12-35(13-15-36)43-23-29-16-30(24-43)18-31(17-29)25-43/h3,5-6,8-15,19-22,29-31H,1,4,7,16-18,23-26H2,2H3,(H,44,46,48)/b37-21+. The van der Waals surface area contributed by atoms with Crippen LogP contribution in [-0.2, 0) is 28.0 Å². The zero-order valence-corrected chi connectivity index (χ0v) is 28.5. The maximum Gasteiger partial charge on any atom is 0.335 e. The van der Waals surface area contributed by atoms with Crippen LogP contribution in [0.1, 0.15) is 67.7 Å². The molecule has 9 rings (SSSR count). The first-order valence-corrected chi connectivity index (χ1v) is 17.9. The van der Waals surface area contributed by atoms with E-state index in [4.69, 9.17) is 9.47 Å². The largest absolute Gasteiger partial charge is 0.490 e. The lowest BCUT2D eigenvalue weighted by molar-refractivity contribution is -0.122. The minimum atomic E-state index is -0.750. The van der Waals surface area contributed by atoms with E-state index in [-0.39, 0.29) is 11.0 Å². The molecule has 4 bridgehead atoms. The van der Waals surface area contributed by atoms with Gasteiger partial charge in [0.25, 0.3) is 11.8 Å². The van der Waals surface area contributed by atoms with Crippen LogP contribution in [0.25, 0.3) is 16.8 Å². The molecular weight excluding hydrogens is 624 g/mol. The van der Waals surface area contributed by atoms with E-state index in [0.717, 1.165) is 44.6 Å². The summed E-state index contributed by atoms with van der Waals surface area (Å²) >= 11 is 0. The Morgan fingerprint density at radius 2 is 1.56 bits per heavy atom. The third kappa shape index (κ3) is 5.89. The smallest absolute Gasteiger partial charge is 0.335 e. The summed E-state index contributed by atoms with van der Waals surface area (Å²) < 4.78 is 12.4. The number of nitrogens with zero attached hydrogens (tertiary/aromatic N) is 1. The van der Waals surface area contributed by atoms with Gasteiger partial charge in [-0.25, -0.2) is 9.69 Å². The maximum atomic E-state index is 13.9. The number of imide groups is 2. The Kier molecular flexibility index (Phi) is 8.30. The van der Waals surface area contributed by atoms with Crippen molar-refractivity contribution < 1.29 is 23.9 Å². The molecule has 4 amide bonds. The van der Waals surface area contributed by atoms with Crippen molar-refractivity contribution in [3.63, 3.8) is 0 Å². The lowest BCUT2D eigenvalue weighted by atomic mass is 9.48. The lowest BCUT2D eigenvalue weighted by Crippen LogP contribution is -2.54. The molecule has 5 fully saturated rings. The summed E-state index contributed by atoms with van der Waals surface area (Å²) in [6.07, 6.45) is 11.6. The zero-order valence-electron chi connectivity index (χ0n) is 28.5. The number of hydrogen-bond acceptors (Lipinski definition) is 5. The highest BCUT2D eigenvalue weighted by atomic mass is 16.5. The Morgan fingerprint density at radius 3 is 2.24 bits per heavy atom. The fraction of sp³-hybridized carbons (Fsp3) is 0.326. The van der Waals surface area contributed by atoms with Gasteiger partial charge < -0.3 is 9.47 Å². The van der Waals surface area contributed by atoms with Gasteiger partial charge in [0.2, 0.25) is 0 Å². The maximum absolute atomic E-state index is 13.9. The Labute approximate surface area is 293 Å². The van der Waals surface area contributed by atoms with Gasteiger partial charge in [-0.1, -0.05) is 54.6 Å². The van der Waals surface area contributed by atoms with E-state index in [9.17, 15) is 14.4 Å². The molecule has 4 aromatic rings. The SMILES string of the molecule is C=CCc1cc(/C=C2\C(=O)NC(=O)N(c3ccc(C45CC6CC(CC(C6)C4)C5)cc3)C2=O)cc(OCC)c1OCc1ccc2ccccc2c1. The summed E-state index contributed by atoms with van der Waals surface area (Å²) in [5.41, 5.74) is 4.21. The zero-order chi connectivity index (χ0) is 34.4. The van der Waals surface area contributed by atoms with Crippen molar-refractivity contribution in [1.82, 2.24) is 5.32 Å². The molecule has 7 heteroatoms. The molecule has 4 aliphatic carbocycles. The van der Waals surface area contributed by atoms with Crippen LogP contribution in [0, 0.1) is 17.8 Å². The summed E-state index contributed by atoms with van der Waals surface area (Å²) in [6, 6.07) is 25.2. The Balaban J connectivity index is 1.07. The average Bonchev–Trinajstić information content (AvgIpc) is 3.09. The average molecular weight is 667 g/mol. The summed E-state index contributed by atoms with van der Waals surface area (Å²) in [5.74, 6) is 2.12. The normalized spacial score (nSPS) is 24.9. The molecule has 50 heavy (non-hydrogen) atoms. The van der Waals surface area contributed by atoms with Crippen LogP contribution in [0.3, 0.4) is 0 Å². The number of amides is 4. The van der Waals surface area contributed by atoms with Gasteiger partial charge in [-0.15, -0.1) is 6.58 Å². The third-order valence-corrected chi connectivity index (χ3v) is 11.2. The van der Waals surface area contributed by atoms with Gasteiger partial charge in [-0.05, 0) is 139 Å². The molecule has 1 saturated heterocycles. The summed E-state index contributed by atoms with van der Waals surface area (Å²) in [6.45, 7) is 6.54. The number of carbonyl (C=O) groups excluding carboxylic acids is 3. The number of ether oxygens (including phenoxy) is 2. The molecule has 0 spiro atoms. The number of nitrogens with one attached hydrogen (secondary N) is 1. The van der Waals surface area contributed by atoms with E-state index in [0.29, 0.717) is 42.4 Å². The Bertz CT molecular complexity index is 2010. The second-order valence-electron chi connectivity index (χ2n) is 14.6. The van der Waals surface area contributed by atoms with Crippen LogP contribution in [0.5, 0.6) is 11.5 Å². The number of allylic oxidation sites excluding steroid dienone is 1. The highest BCUT2D eigenvalue weighted by Gasteiger charge is 2.51. The van der Waals surface area contributed by atoms with E-state index >= 15 is 0 Å². The molecule has 0 aromatic heterocycles. The number of carbonyl (C=O) groups is 3. The van der Waals surface area contributed by atoms with E-state index in [1.54, 1.807) is 12.1 Å². The number of hydrogen-bond donors (Lipinski definition) is 1. The molecule has 4 aromatic carbocycles. The topological polar surface area (TPSA) is 84.9 Å². The van der Waals surface area contributed by atoms with Crippen LogP contribution in [0.2, 0.25) is 0 Å². The monoisotopic (exact) mass is 666 g/mol. The molecule has 254 valence electrons. The first kappa shape index (κ1) is 32.1. The lowest BCUT2D eigenvalue weighted by Gasteiger charge is -2.57. The van der Waals surface area contributed by atoms with E-state index < -0.39 is 17.8 Å². The van der Waals surface area contributed by atoms with Crippen LogP contribution < -0.4 is 19.7 Å². The fourth-order valence-electron chi connectivity index (χ4n) is 9.47. The highest BCUT2D eigenvalue weighted by Crippen LogP contribution is 2.60. The molecule has 0 unspecified atom stereocenters. The number of benzene rings is 4. The van der Waals surface area contributed by atoms with Crippen LogP contribution in [-0.4, -0.2) is 24.5 Å². The fourth-order valence-corrected chi connectivity index (χ4v) is 9.47. The minimum absolute atomic E-state index is 0.133. The van der Waals surface area contributed by atoms with Gasteiger partial charge in [-0.3, -0.25) is 14.9 Å². The van der Waals surface area contributed by atoms with Crippen LogP contribution in [0.15, 0.2) is 97.1 Å². The van der Waals surface area contributed by atoms with Crippen molar-refractivity contribution in [1.29, 1.82) is 0 Å². The molecule has 4 saturated carbocycles. The summed E-state index contributed by atoms with van der Waals surface area (Å²) in [5, 5.41) is 4.67. The highest BCUT2D eigenvalue weighted by molar-refractivity contribution is 6.39.